The van der Waals surface area contributed by atoms with E-state index in [0.717, 1.165) is 18.2 Å². The Labute approximate surface area is 112 Å². The summed E-state index contributed by atoms with van der Waals surface area (Å²) in [5, 5.41) is 21.5. The molecule has 20 heavy (non-hydrogen) atoms. The number of carbonyl (C=O) groups excluding carboxylic acids is 1. The van der Waals surface area contributed by atoms with Gasteiger partial charge in [-0.2, -0.15) is 0 Å². The number of benzene rings is 1. The fraction of sp³-hybridized carbons (Fsp3) is 0.364. The number of nitro benzene ring substituents is 2. The van der Waals surface area contributed by atoms with Gasteiger partial charge in [-0.3, -0.25) is 20.2 Å². The second-order valence-corrected chi connectivity index (χ2v) is 4.25. The number of rotatable bonds is 5. The monoisotopic (exact) mass is 282 g/mol. The summed E-state index contributed by atoms with van der Waals surface area (Å²) < 4.78 is 9.92. The first-order valence-corrected chi connectivity index (χ1v) is 5.60. The number of hydrogen-bond acceptors (Lipinski definition) is 7. The maximum Gasteiger partial charge on any atom is 0.350 e. The number of nitrogens with zero attached hydrogens (tertiary/aromatic N) is 2. The van der Waals surface area contributed by atoms with Gasteiger partial charge in [0, 0.05) is 18.9 Å². The maximum atomic E-state index is 11.5. The number of methoxy groups -OCH3 is 1. The molecule has 0 amide bonds. The summed E-state index contributed by atoms with van der Waals surface area (Å²) in [4.78, 5) is 31.5. The van der Waals surface area contributed by atoms with Crippen molar-refractivity contribution in [3.63, 3.8) is 0 Å². The van der Waals surface area contributed by atoms with Gasteiger partial charge in [-0.05, 0) is 6.07 Å². The van der Waals surface area contributed by atoms with E-state index >= 15 is 0 Å². The smallest absolute Gasteiger partial charge is 0.350 e. The Kier molecular flexibility index (Phi) is 3.26. The van der Waals surface area contributed by atoms with E-state index in [1.165, 1.54) is 7.11 Å². The van der Waals surface area contributed by atoms with Crippen molar-refractivity contribution in [1.82, 2.24) is 0 Å². The molecule has 0 atom stereocenters. The van der Waals surface area contributed by atoms with Crippen LogP contribution in [0.3, 0.4) is 0 Å². The first kappa shape index (κ1) is 13.7. The molecule has 0 aromatic heterocycles. The molecule has 0 aliphatic heterocycles. The first-order valence-electron chi connectivity index (χ1n) is 5.60. The highest BCUT2D eigenvalue weighted by atomic mass is 16.6. The van der Waals surface area contributed by atoms with Crippen LogP contribution in [-0.4, -0.2) is 28.5 Å². The van der Waals surface area contributed by atoms with Crippen LogP contribution in [0.4, 0.5) is 11.4 Å². The molecule has 9 heteroatoms. The average Bonchev–Trinajstić information content (AvgIpc) is 3.18. The lowest BCUT2D eigenvalue weighted by Crippen LogP contribution is -2.30. The third kappa shape index (κ3) is 2.37. The summed E-state index contributed by atoms with van der Waals surface area (Å²) in [6, 6.07) is 2.98. The molecule has 106 valence electrons. The molecule has 0 unspecified atom stereocenters. The molecule has 1 aromatic carbocycles. The van der Waals surface area contributed by atoms with Gasteiger partial charge in [0.25, 0.3) is 5.69 Å². The molecule has 1 saturated carbocycles. The topological polar surface area (TPSA) is 122 Å². The molecule has 0 bridgehead atoms. The van der Waals surface area contributed by atoms with Crippen LogP contribution in [0.2, 0.25) is 0 Å². The quantitative estimate of drug-likeness (QED) is 0.456. The van der Waals surface area contributed by atoms with E-state index in [2.05, 4.69) is 4.74 Å². The SMILES string of the molecule is COC(=O)C1(Oc2ccc([N+](=O)[O-])cc2[N+](=O)[O-])CC1. The van der Waals surface area contributed by atoms with E-state index in [9.17, 15) is 25.0 Å². The van der Waals surface area contributed by atoms with E-state index < -0.39 is 32.8 Å². The minimum atomic E-state index is -1.21. The Morgan fingerprint density at radius 2 is 1.90 bits per heavy atom. The number of carbonyl (C=O) groups is 1. The van der Waals surface area contributed by atoms with Crippen molar-refractivity contribution >= 4 is 17.3 Å². The predicted octanol–water partition coefficient (Wildman–Crippen LogP) is 1.59. The number of non-ortho nitro benzene ring substituents is 1. The lowest BCUT2D eigenvalue weighted by molar-refractivity contribution is -0.394. The molecule has 1 fully saturated rings. The molecule has 1 aromatic rings. The Balaban J connectivity index is 2.35. The summed E-state index contributed by atoms with van der Waals surface area (Å²) in [5.41, 5.74) is -2.20. The lowest BCUT2D eigenvalue weighted by atomic mass is 10.2. The summed E-state index contributed by atoms with van der Waals surface area (Å²) in [6.45, 7) is 0. The largest absolute Gasteiger partial charge is 0.468 e. The van der Waals surface area contributed by atoms with Gasteiger partial charge in [-0.1, -0.05) is 0 Å². The van der Waals surface area contributed by atoms with Gasteiger partial charge in [0.1, 0.15) is 0 Å². The highest BCUT2D eigenvalue weighted by Gasteiger charge is 2.55. The predicted molar refractivity (Wildman–Crippen MR) is 64.4 cm³/mol. The van der Waals surface area contributed by atoms with E-state index in [1.807, 2.05) is 0 Å². The van der Waals surface area contributed by atoms with Crippen molar-refractivity contribution in [2.75, 3.05) is 7.11 Å². The summed E-state index contributed by atoms with van der Waals surface area (Å²) >= 11 is 0. The highest BCUT2D eigenvalue weighted by Crippen LogP contribution is 2.44. The van der Waals surface area contributed by atoms with E-state index in [1.54, 1.807) is 0 Å². The van der Waals surface area contributed by atoms with Crippen LogP contribution in [-0.2, 0) is 9.53 Å². The normalized spacial score (nSPS) is 15.2. The minimum Gasteiger partial charge on any atom is -0.468 e. The molecule has 2 rings (SSSR count). The Bertz CT molecular complexity index is 594. The van der Waals surface area contributed by atoms with Crippen LogP contribution in [0.15, 0.2) is 18.2 Å². The van der Waals surface area contributed by atoms with E-state index in [0.29, 0.717) is 12.8 Å². The number of esters is 1. The van der Waals surface area contributed by atoms with Crippen LogP contribution >= 0.6 is 0 Å². The number of nitro groups is 2. The number of hydrogen-bond donors (Lipinski definition) is 0. The van der Waals surface area contributed by atoms with Crippen molar-refractivity contribution in [2.45, 2.75) is 18.4 Å². The molecular formula is C11H10N2O7. The van der Waals surface area contributed by atoms with Gasteiger partial charge >= 0.3 is 11.7 Å². The van der Waals surface area contributed by atoms with Gasteiger partial charge in [-0.15, -0.1) is 0 Å². The third-order valence-corrected chi connectivity index (χ3v) is 2.92. The fourth-order valence-corrected chi connectivity index (χ4v) is 1.71. The summed E-state index contributed by atoms with van der Waals surface area (Å²) in [7, 11) is 1.19. The van der Waals surface area contributed by atoms with Gasteiger partial charge in [0.15, 0.2) is 5.75 Å². The third-order valence-electron chi connectivity index (χ3n) is 2.92. The molecule has 0 saturated heterocycles. The van der Waals surface area contributed by atoms with Crippen LogP contribution in [0, 0.1) is 20.2 Å². The molecule has 1 aliphatic carbocycles. The zero-order chi connectivity index (χ0) is 14.9. The lowest BCUT2D eigenvalue weighted by Gasteiger charge is -2.15. The molecule has 1 aliphatic rings. The molecule has 0 heterocycles. The minimum absolute atomic E-state index is 0.191. The standard InChI is InChI=1S/C11H10N2O7/c1-19-10(14)11(4-5-11)20-9-3-2-7(12(15)16)6-8(9)13(17)18/h2-3,6H,4-5H2,1H3. The zero-order valence-corrected chi connectivity index (χ0v) is 10.4. The molecule has 0 radical (unpaired) electrons. The molecule has 9 nitrogen and oxygen atoms in total. The van der Waals surface area contributed by atoms with Crippen molar-refractivity contribution in [2.24, 2.45) is 0 Å². The van der Waals surface area contributed by atoms with E-state index in [4.69, 9.17) is 4.74 Å². The molecule has 0 N–H and O–H groups in total. The Morgan fingerprint density at radius 3 is 2.35 bits per heavy atom. The van der Waals surface area contributed by atoms with Crippen LogP contribution in [0.5, 0.6) is 5.75 Å². The van der Waals surface area contributed by atoms with Crippen LogP contribution in [0.25, 0.3) is 0 Å². The van der Waals surface area contributed by atoms with E-state index in [-0.39, 0.29) is 5.75 Å². The van der Waals surface area contributed by atoms with Crippen molar-refractivity contribution in [3.05, 3.63) is 38.4 Å². The first-order chi connectivity index (χ1) is 9.39. The van der Waals surface area contributed by atoms with Crippen molar-refractivity contribution in [3.8, 4) is 5.75 Å². The average molecular weight is 282 g/mol. The summed E-state index contributed by atoms with van der Waals surface area (Å²) in [6.07, 6.45) is 0.766. The van der Waals surface area contributed by atoms with Crippen molar-refractivity contribution < 1.29 is 24.1 Å². The van der Waals surface area contributed by atoms with Crippen molar-refractivity contribution in [1.29, 1.82) is 0 Å². The van der Waals surface area contributed by atoms with Gasteiger partial charge in [0.05, 0.1) is 23.0 Å². The van der Waals surface area contributed by atoms with Gasteiger partial charge < -0.3 is 9.47 Å². The zero-order valence-electron chi connectivity index (χ0n) is 10.4. The molecule has 0 spiro atoms. The highest BCUT2D eigenvalue weighted by molar-refractivity contribution is 5.83. The fourth-order valence-electron chi connectivity index (χ4n) is 1.71. The maximum absolute atomic E-state index is 11.5. The van der Waals surface area contributed by atoms with Crippen LogP contribution < -0.4 is 4.74 Å². The second-order valence-electron chi connectivity index (χ2n) is 4.25. The van der Waals surface area contributed by atoms with Crippen LogP contribution in [0.1, 0.15) is 12.8 Å². The second kappa shape index (κ2) is 4.76. The van der Waals surface area contributed by atoms with Gasteiger partial charge in [-0.25, -0.2) is 4.79 Å². The van der Waals surface area contributed by atoms with Gasteiger partial charge in [0.2, 0.25) is 5.60 Å². The summed E-state index contributed by atoms with van der Waals surface area (Å²) in [5.74, 6) is -0.811. The number of ether oxygens (including phenoxy) is 2. The Hall–Kier alpha value is -2.71. The Morgan fingerprint density at radius 1 is 1.25 bits per heavy atom. The molecular weight excluding hydrogens is 272 g/mol.